The van der Waals surface area contributed by atoms with Crippen LogP contribution in [0, 0.1) is 5.82 Å². The molecule has 0 heterocycles. The molecule has 1 aliphatic rings. The average Bonchev–Trinajstić information content (AvgIpc) is 2.74. The third kappa shape index (κ3) is 4.03. The van der Waals surface area contributed by atoms with Gasteiger partial charge in [0.25, 0.3) is 0 Å². The molecule has 0 bridgehead atoms. The molecule has 1 aliphatic carbocycles. The lowest BCUT2D eigenvalue weighted by molar-refractivity contribution is -0.0527. The molecule has 0 amide bonds. The van der Waals surface area contributed by atoms with Crippen LogP contribution in [0.15, 0.2) is 22.7 Å². The van der Waals surface area contributed by atoms with Crippen LogP contribution in [-0.4, -0.2) is 18.8 Å². The predicted octanol–water partition coefficient (Wildman–Crippen LogP) is 3.70. The van der Waals surface area contributed by atoms with Gasteiger partial charge in [-0.05, 0) is 52.9 Å². The van der Waals surface area contributed by atoms with E-state index in [1.54, 1.807) is 7.11 Å². The molecule has 0 saturated heterocycles. The summed E-state index contributed by atoms with van der Waals surface area (Å²) in [5.74, 6) is 5.57. The summed E-state index contributed by atoms with van der Waals surface area (Å²) in [7, 11) is 1.77. The van der Waals surface area contributed by atoms with Crippen molar-refractivity contribution in [2.75, 3.05) is 7.11 Å². The topological polar surface area (TPSA) is 47.3 Å². The molecule has 1 aromatic carbocycles. The predicted molar refractivity (Wildman–Crippen MR) is 86.4 cm³/mol. The highest BCUT2D eigenvalue weighted by Crippen LogP contribution is 2.34. The first kappa shape index (κ1) is 16.9. The maximum Gasteiger partial charge on any atom is 0.137 e. The fraction of sp³-hybridized carbons (Fsp3) is 0.625. The number of nitrogens with one attached hydrogen (secondary N) is 1. The van der Waals surface area contributed by atoms with E-state index in [-0.39, 0.29) is 17.5 Å². The van der Waals surface area contributed by atoms with Crippen LogP contribution >= 0.6 is 15.9 Å². The molecular weight excluding hydrogens is 335 g/mol. The molecule has 1 aromatic rings. The van der Waals surface area contributed by atoms with E-state index in [0.29, 0.717) is 4.47 Å². The Kier molecular flexibility index (Phi) is 6.17. The molecule has 0 radical (unpaired) electrons. The molecule has 0 aromatic heterocycles. The minimum absolute atomic E-state index is 0.0259. The van der Waals surface area contributed by atoms with Crippen LogP contribution in [0.1, 0.15) is 44.1 Å². The lowest BCUT2D eigenvalue weighted by atomic mass is 9.83. The van der Waals surface area contributed by atoms with Crippen LogP contribution in [0.5, 0.6) is 0 Å². The van der Waals surface area contributed by atoms with Gasteiger partial charge in [-0.25, -0.2) is 4.39 Å². The van der Waals surface area contributed by atoms with Gasteiger partial charge in [0, 0.05) is 7.11 Å². The average molecular weight is 359 g/mol. The van der Waals surface area contributed by atoms with E-state index < -0.39 is 0 Å². The molecule has 118 valence electrons. The largest absolute Gasteiger partial charge is 0.377 e. The van der Waals surface area contributed by atoms with Gasteiger partial charge >= 0.3 is 0 Å². The molecule has 3 nitrogen and oxygen atoms in total. The van der Waals surface area contributed by atoms with Crippen molar-refractivity contribution in [3.05, 3.63) is 34.1 Å². The SMILES string of the molecule is COC1(C(Cc2ccc(F)c(Br)c2)NN)CCCCCC1. The summed E-state index contributed by atoms with van der Waals surface area (Å²) in [6.07, 6.45) is 7.60. The van der Waals surface area contributed by atoms with E-state index >= 15 is 0 Å². The van der Waals surface area contributed by atoms with Crippen LogP contribution < -0.4 is 11.3 Å². The van der Waals surface area contributed by atoms with Gasteiger partial charge in [0.15, 0.2) is 0 Å². The highest BCUT2D eigenvalue weighted by atomic mass is 79.9. The van der Waals surface area contributed by atoms with Gasteiger partial charge in [-0.15, -0.1) is 0 Å². The quantitative estimate of drug-likeness (QED) is 0.479. The maximum absolute atomic E-state index is 13.4. The molecule has 3 N–H and O–H groups in total. The van der Waals surface area contributed by atoms with Gasteiger partial charge < -0.3 is 4.74 Å². The summed E-state index contributed by atoms with van der Waals surface area (Å²) in [6.45, 7) is 0. The number of hydrogen-bond acceptors (Lipinski definition) is 3. The zero-order valence-electron chi connectivity index (χ0n) is 12.5. The lowest BCUT2D eigenvalue weighted by Gasteiger charge is -2.39. The monoisotopic (exact) mass is 358 g/mol. The Balaban J connectivity index is 2.18. The van der Waals surface area contributed by atoms with Crippen LogP contribution in [0.2, 0.25) is 0 Å². The van der Waals surface area contributed by atoms with Crippen molar-refractivity contribution >= 4 is 15.9 Å². The van der Waals surface area contributed by atoms with Crippen LogP contribution in [0.3, 0.4) is 0 Å². The first-order chi connectivity index (χ1) is 10.1. The zero-order chi connectivity index (χ0) is 15.3. The Hall–Kier alpha value is -0.490. The van der Waals surface area contributed by atoms with Crippen molar-refractivity contribution in [1.29, 1.82) is 0 Å². The summed E-state index contributed by atoms with van der Waals surface area (Å²) in [5.41, 5.74) is 3.76. The summed E-state index contributed by atoms with van der Waals surface area (Å²) in [5, 5.41) is 0. The smallest absolute Gasteiger partial charge is 0.137 e. The Morgan fingerprint density at radius 3 is 2.52 bits per heavy atom. The number of rotatable bonds is 5. The first-order valence-electron chi connectivity index (χ1n) is 7.56. The van der Waals surface area contributed by atoms with Crippen molar-refractivity contribution < 1.29 is 9.13 Å². The van der Waals surface area contributed by atoms with Crippen molar-refractivity contribution in [2.45, 2.75) is 56.6 Å². The van der Waals surface area contributed by atoms with Crippen LogP contribution in [0.4, 0.5) is 4.39 Å². The Morgan fingerprint density at radius 1 is 1.33 bits per heavy atom. The molecular formula is C16H24BrFN2O. The Morgan fingerprint density at radius 2 is 2.00 bits per heavy atom. The molecule has 2 rings (SSSR count). The highest BCUT2D eigenvalue weighted by molar-refractivity contribution is 9.10. The summed E-state index contributed by atoms with van der Waals surface area (Å²) in [6, 6.07) is 5.14. The highest BCUT2D eigenvalue weighted by Gasteiger charge is 2.38. The third-order valence-corrected chi connectivity index (χ3v) is 5.22. The van der Waals surface area contributed by atoms with Gasteiger partial charge in [-0.3, -0.25) is 11.3 Å². The molecule has 21 heavy (non-hydrogen) atoms. The number of hydrogen-bond donors (Lipinski definition) is 2. The third-order valence-electron chi connectivity index (χ3n) is 4.62. The van der Waals surface area contributed by atoms with Gasteiger partial charge in [-0.2, -0.15) is 0 Å². The van der Waals surface area contributed by atoms with E-state index in [1.807, 2.05) is 12.1 Å². The van der Waals surface area contributed by atoms with Gasteiger partial charge in [0.2, 0.25) is 0 Å². The minimum atomic E-state index is -0.244. The fourth-order valence-electron chi connectivity index (χ4n) is 3.32. The normalized spacial score (nSPS) is 20.0. The van der Waals surface area contributed by atoms with Crippen LogP contribution in [-0.2, 0) is 11.2 Å². The van der Waals surface area contributed by atoms with E-state index in [9.17, 15) is 4.39 Å². The number of benzene rings is 1. The maximum atomic E-state index is 13.4. The number of methoxy groups -OCH3 is 1. The first-order valence-corrected chi connectivity index (χ1v) is 8.36. The van der Waals surface area contributed by atoms with E-state index in [2.05, 4.69) is 21.4 Å². The molecule has 5 heteroatoms. The molecule has 1 fully saturated rings. The number of nitrogens with two attached hydrogens (primary N) is 1. The Labute approximate surface area is 134 Å². The van der Waals surface area contributed by atoms with E-state index in [4.69, 9.17) is 10.6 Å². The van der Waals surface area contributed by atoms with Crippen molar-refractivity contribution in [3.63, 3.8) is 0 Å². The van der Waals surface area contributed by atoms with Crippen molar-refractivity contribution in [3.8, 4) is 0 Å². The van der Waals surface area contributed by atoms with Gasteiger partial charge in [0.1, 0.15) is 5.82 Å². The second kappa shape index (κ2) is 7.68. The van der Waals surface area contributed by atoms with Crippen LogP contribution in [0.25, 0.3) is 0 Å². The summed E-state index contributed by atoms with van der Waals surface area (Å²) < 4.78 is 19.8. The molecule has 1 saturated carbocycles. The zero-order valence-corrected chi connectivity index (χ0v) is 14.1. The summed E-state index contributed by atoms with van der Waals surface area (Å²) in [4.78, 5) is 0. The van der Waals surface area contributed by atoms with E-state index in [0.717, 1.165) is 24.8 Å². The van der Waals surface area contributed by atoms with Gasteiger partial charge in [-0.1, -0.05) is 31.7 Å². The minimum Gasteiger partial charge on any atom is -0.377 e. The van der Waals surface area contributed by atoms with Crippen molar-refractivity contribution in [2.24, 2.45) is 5.84 Å². The van der Waals surface area contributed by atoms with Gasteiger partial charge in [0.05, 0.1) is 16.1 Å². The fourth-order valence-corrected chi connectivity index (χ4v) is 3.75. The van der Waals surface area contributed by atoms with E-state index in [1.165, 1.54) is 31.7 Å². The second-order valence-electron chi connectivity index (χ2n) is 5.85. The molecule has 1 unspecified atom stereocenters. The number of ether oxygens (including phenoxy) is 1. The van der Waals surface area contributed by atoms with Crippen molar-refractivity contribution in [1.82, 2.24) is 5.43 Å². The Bertz CT molecular complexity index is 462. The number of hydrazine groups is 1. The molecule has 1 atom stereocenters. The lowest BCUT2D eigenvalue weighted by Crippen LogP contribution is -2.55. The molecule has 0 aliphatic heterocycles. The standard InChI is InChI=1S/C16H24BrFN2O/c1-21-16(8-4-2-3-5-9-16)15(20-19)11-12-6-7-14(18)13(17)10-12/h6-7,10,15,20H,2-5,8-9,11,19H2,1H3. The second-order valence-corrected chi connectivity index (χ2v) is 6.71. The summed E-state index contributed by atoms with van der Waals surface area (Å²) >= 11 is 3.24. The number of halogens is 2. The molecule has 0 spiro atoms.